The molecule has 112 valence electrons. The van der Waals surface area contributed by atoms with Crippen molar-refractivity contribution in [3.8, 4) is 0 Å². The highest BCUT2D eigenvalue weighted by molar-refractivity contribution is 9.10. The van der Waals surface area contributed by atoms with Crippen LogP contribution in [0, 0.1) is 6.92 Å². The van der Waals surface area contributed by atoms with Crippen molar-refractivity contribution < 1.29 is 0 Å². The first-order chi connectivity index (χ1) is 10.2. The molecule has 0 aliphatic heterocycles. The molecule has 0 saturated carbocycles. The van der Waals surface area contributed by atoms with Crippen LogP contribution in [0.25, 0.3) is 0 Å². The van der Waals surface area contributed by atoms with Crippen molar-refractivity contribution in [2.24, 2.45) is 0 Å². The number of hydrogen-bond donors (Lipinski definition) is 1. The summed E-state index contributed by atoms with van der Waals surface area (Å²) in [7, 11) is 0. The van der Waals surface area contributed by atoms with E-state index in [-0.39, 0.29) is 0 Å². The zero-order valence-corrected chi connectivity index (χ0v) is 14.6. The molecule has 2 aromatic carbocycles. The van der Waals surface area contributed by atoms with E-state index in [1.165, 1.54) is 22.5 Å². The summed E-state index contributed by atoms with van der Waals surface area (Å²) >= 11 is 3.57. The fraction of sp³-hybridized carbons (Fsp3) is 0.333. The second kappa shape index (κ2) is 7.51. The van der Waals surface area contributed by atoms with Crippen LogP contribution in [0.15, 0.2) is 46.9 Å². The second-order valence-electron chi connectivity index (χ2n) is 5.10. The lowest BCUT2D eigenvalue weighted by Gasteiger charge is -2.21. The van der Waals surface area contributed by atoms with Gasteiger partial charge in [0.15, 0.2) is 0 Å². The van der Waals surface area contributed by atoms with Gasteiger partial charge in [0.25, 0.3) is 0 Å². The third-order valence-corrected chi connectivity index (χ3v) is 4.67. The van der Waals surface area contributed by atoms with Crippen molar-refractivity contribution >= 4 is 27.3 Å². The van der Waals surface area contributed by atoms with E-state index in [0.29, 0.717) is 0 Å². The van der Waals surface area contributed by atoms with Gasteiger partial charge in [0, 0.05) is 35.5 Å². The largest absolute Gasteiger partial charge is 0.381 e. The number of anilines is 2. The number of halogens is 1. The zero-order valence-electron chi connectivity index (χ0n) is 13.0. The number of rotatable bonds is 6. The predicted octanol–water partition coefficient (Wildman–Crippen LogP) is 5.22. The van der Waals surface area contributed by atoms with Crippen LogP contribution in [0.2, 0.25) is 0 Å². The fourth-order valence-electron chi connectivity index (χ4n) is 2.41. The molecule has 0 aromatic heterocycles. The zero-order chi connectivity index (χ0) is 15.2. The van der Waals surface area contributed by atoms with E-state index >= 15 is 0 Å². The van der Waals surface area contributed by atoms with Crippen LogP contribution in [-0.4, -0.2) is 13.1 Å². The third-order valence-electron chi connectivity index (χ3n) is 3.82. The standard InChI is InChI=1S/C18H23BrN2/c1-4-21(5-2)16-11-9-15(10-12-16)13-20-18-8-6-7-17(19)14(18)3/h6-12,20H,4-5,13H2,1-3H3. The summed E-state index contributed by atoms with van der Waals surface area (Å²) in [6.07, 6.45) is 0. The maximum Gasteiger partial charge on any atom is 0.0400 e. The third kappa shape index (κ3) is 4.01. The first-order valence-corrected chi connectivity index (χ1v) is 8.27. The molecule has 0 heterocycles. The number of hydrogen-bond acceptors (Lipinski definition) is 2. The lowest BCUT2D eigenvalue weighted by molar-refractivity contribution is 0.865. The first kappa shape index (κ1) is 15.9. The van der Waals surface area contributed by atoms with Crippen LogP contribution >= 0.6 is 15.9 Å². The number of benzene rings is 2. The molecule has 2 nitrogen and oxygen atoms in total. The van der Waals surface area contributed by atoms with Crippen molar-refractivity contribution in [2.45, 2.75) is 27.3 Å². The van der Waals surface area contributed by atoms with E-state index in [0.717, 1.165) is 24.1 Å². The molecule has 0 bridgehead atoms. The smallest absolute Gasteiger partial charge is 0.0400 e. The van der Waals surface area contributed by atoms with Gasteiger partial charge >= 0.3 is 0 Å². The monoisotopic (exact) mass is 346 g/mol. The molecule has 2 aromatic rings. The molecule has 2 rings (SSSR count). The van der Waals surface area contributed by atoms with Gasteiger partial charge in [-0.1, -0.05) is 34.1 Å². The molecule has 0 radical (unpaired) electrons. The minimum Gasteiger partial charge on any atom is -0.381 e. The van der Waals surface area contributed by atoms with Crippen LogP contribution in [0.4, 0.5) is 11.4 Å². The van der Waals surface area contributed by atoms with Gasteiger partial charge in [-0.25, -0.2) is 0 Å². The molecule has 0 atom stereocenters. The molecule has 0 amide bonds. The fourth-order valence-corrected chi connectivity index (χ4v) is 2.78. The highest BCUT2D eigenvalue weighted by Crippen LogP contribution is 2.24. The van der Waals surface area contributed by atoms with Gasteiger partial charge in [-0.3, -0.25) is 0 Å². The molecule has 3 heteroatoms. The molecule has 0 aliphatic rings. The molecule has 0 spiro atoms. The Hall–Kier alpha value is -1.48. The summed E-state index contributed by atoms with van der Waals surface area (Å²) in [4.78, 5) is 2.36. The molecular weight excluding hydrogens is 324 g/mol. The predicted molar refractivity (Wildman–Crippen MR) is 96.2 cm³/mol. The molecule has 0 aliphatic carbocycles. The van der Waals surface area contributed by atoms with Crippen molar-refractivity contribution in [2.75, 3.05) is 23.3 Å². The Balaban J connectivity index is 2.02. The minimum atomic E-state index is 0.843. The van der Waals surface area contributed by atoms with Gasteiger partial charge in [0.2, 0.25) is 0 Å². The van der Waals surface area contributed by atoms with E-state index in [4.69, 9.17) is 0 Å². The summed E-state index contributed by atoms with van der Waals surface area (Å²) in [6.45, 7) is 9.44. The number of nitrogens with one attached hydrogen (secondary N) is 1. The van der Waals surface area contributed by atoms with E-state index in [2.05, 4.69) is 89.4 Å². The van der Waals surface area contributed by atoms with Crippen LogP contribution < -0.4 is 10.2 Å². The van der Waals surface area contributed by atoms with E-state index < -0.39 is 0 Å². The van der Waals surface area contributed by atoms with E-state index in [1.54, 1.807) is 0 Å². The van der Waals surface area contributed by atoms with Gasteiger partial charge in [-0.15, -0.1) is 0 Å². The van der Waals surface area contributed by atoms with Gasteiger partial charge in [-0.2, -0.15) is 0 Å². The minimum absolute atomic E-state index is 0.843. The van der Waals surface area contributed by atoms with Crippen LogP contribution in [0.3, 0.4) is 0 Å². The van der Waals surface area contributed by atoms with E-state index in [9.17, 15) is 0 Å². The number of nitrogens with zero attached hydrogens (tertiary/aromatic N) is 1. The average molecular weight is 347 g/mol. The lowest BCUT2D eigenvalue weighted by Crippen LogP contribution is -2.21. The molecule has 0 fully saturated rings. The summed E-state index contributed by atoms with van der Waals surface area (Å²) in [6, 6.07) is 15.1. The topological polar surface area (TPSA) is 15.3 Å². The molecule has 0 saturated heterocycles. The molecule has 0 unspecified atom stereocenters. The molecule has 1 N–H and O–H groups in total. The Morgan fingerprint density at radius 1 is 1.00 bits per heavy atom. The lowest BCUT2D eigenvalue weighted by atomic mass is 10.1. The second-order valence-corrected chi connectivity index (χ2v) is 5.96. The van der Waals surface area contributed by atoms with Gasteiger partial charge in [0.05, 0.1) is 0 Å². The average Bonchev–Trinajstić information content (AvgIpc) is 2.51. The Morgan fingerprint density at radius 3 is 2.29 bits per heavy atom. The van der Waals surface area contributed by atoms with Crippen LogP contribution in [0.1, 0.15) is 25.0 Å². The van der Waals surface area contributed by atoms with Crippen molar-refractivity contribution in [3.05, 3.63) is 58.1 Å². The van der Waals surface area contributed by atoms with Crippen LogP contribution in [0.5, 0.6) is 0 Å². The van der Waals surface area contributed by atoms with Crippen molar-refractivity contribution in [3.63, 3.8) is 0 Å². The van der Waals surface area contributed by atoms with Crippen molar-refractivity contribution in [1.82, 2.24) is 0 Å². The highest BCUT2D eigenvalue weighted by atomic mass is 79.9. The Labute approximate surface area is 136 Å². The maximum absolute atomic E-state index is 3.57. The molecular formula is C18H23BrN2. The normalized spacial score (nSPS) is 10.5. The molecule has 21 heavy (non-hydrogen) atoms. The summed E-state index contributed by atoms with van der Waals surface area (Å²) in [5, 5.41) is 3.50. The van der Waals surface area contributed by atoms with Crippen molar-refractivity contribution in [1.29, 1.82) is 0 Å². The SMILES string of the molecule is CCN(CC)c1ccc(CNc2cccc(Br)c2C)cc1. The summed E-state index contributed by atoms with van der Waals surface area (Å²) < 4.78 is 1.14. The Morgan fingerprint density at radius 2 is 1.67 bits per heavy atom. The van der Waals surface area contributed by atoms with Gasteiger partial charge in [-0.05, 0) is 56.2 Å². The highest BCUT2D eigenvalue weighted by Gasteiger charge is 2.03. The van der Waals surface area contributed by atoms with E-state index in [1.807, 2.05) is 0 Å². The summed E-state index contributed by atoms with van der Waals surface area (Å²) in [5.41, 5.74) is 5.02. The van der Waals surface area contributed by atoms with Gasteiger partial charge < -0.3 is 10.2 Å². The van der Waals surface area contributed by atoms with Gasteiger partial charge in [0.1, 0.15) is 0 Å². The van der Waals surface area contributed by atoms with Crippen LogP contribution in [-0.2, 0) is 6.54 Å². The Bertz CT molecular complexity index is 574. The summed E-state index contributed by atoms with van der Waals surface area (Å²) in [5.74, 6) is 0. The quantitative estimate of drug-likeness (QED) is 0.771. The first-order valence-electron chi connectivity index (χ1n) is 7.48. The maximum atomic E-state index is 3.57. The Kier molecular flexibility index (Phi) is 5.68.